The van der Waals surface area contributed by atoms with Crippen LogP contribution in [0.5, 0.6) is 11.5 Å². The second-order valence-corrected chi connectivity index (χ2v) is 9.20. The molecule has 0 saturated carbocycles. The summed E-state index contributed by atoms with van der Waals surface area (Å²) >= 11 is 0. The molecule has 42 heavy (non-hydrogen) atoms. The number of para-hydroxylation sites is 1. The van der Waals surface area contributed by atoms with Gasteiger partial charge in [-0.1, -0.05) is 54.1 Å². The smallest absolute Gasteiger partial charge is 0.336 e. The van der Waals surface area contributed by atoms with Crippen LogP contribution in [0.3, 0.4) is 0 Å². The van der Waals surface area contributed by atoms with Crippen molar-refractivity contribution in [3.63, 3.8) is 0 Å². The van der Waals surface area contributed by atoms with Gasteiger partial charge in [-0.2, -0.15) is 9.78 Å². The predicted octanol–water partition coefficient (Wildman–Crippen LogP) is 5.79. The number of rotatable bonds is 8. The van der Waals surface area contributed by atoms with Gasteiger partial charge in [0.05, 0.1) is 29.2 Å². The minimum atomic E-state index is -0.697. The number of non-ortho nitro benzene ring substituents is 1. The number of nitro benzene ring substituents is 1. The van der Waals surface area contributed by atoms with Crippen molar-refractivity contribution in [2.24, 2.45) is 5.10 Å². The van der Waals surface area contributed by atoms with Gasteiger partial charge in [-0.25, -0.2) is 9.78 Å². The number of carbonyl (C=O) groups is 1. The van der Waals surface area contributed by atoms with Crippen molar-refractivity contribution in [3.05, 3.63) is 134 Å². The Bertz CT molecular complexity index is 1930. The first kappa shape index (κ1) is 27.7. The Morgan fingerprint density at radius 3 is 2.50 bits per heavy atom. The quantitative estimate of drug-likeness (QED) is 0.0587. The third-order valence-electron chi connectivity index (χ3n) is 6.28. The van der Waals surface area contributed by atoms with Crippen molar-refractivity contribution < 1.29 is 19.2 Å². The molecule has 0 amide bonds. The maximum absolute atomic E-state index is 13.4. The van der Waals surface area contributed by atoms with Crippen LogP contribution < -0.4 is 15.0 Å². The van der Waals surface area contributed by atoms with Crippen molar-refractivity contribution in [1.82, 2.24) is 9.66 Å². The summed E-state index contributed by atoms with van der Waals surface area (Å²) in [5, 5.41) is 15.9. The standard InChI is InChI=1S/C32H24N4O6/c1-21-10-14-24(15-11-21)31-34-27-9-4-3-8-26(27)32(38)35(31)33-20-23-12-16-28(29(19-23)41-2)42-30(37)17-13-22-6-5-7-25(18-22)36(39)40/h3-20H,1-2H3/b17-13+,33-20?. The van der Waals surface area contributed by atoms with E-state index in [1.807, 2.05) is 37.3 Å². The van der Waals surface area contributed by atoms with E-state index in [0.717, 1.165) is 11.1 Å². The molecular formula is C32H24N4O6. The van der Waals surface area contributed by atoms with Gasteiger partial charge in [0, 0.05) is 23.8 Å². The second-order valence-electron chi connectivity index (χ2n) is 9.20. The monoisotopic (exact) mass is 560 g/mol. The number of carbonyl (C=O) groups excluding carboxylic acids is 1. The van der Waals surface area contributed by atoms with Gasteiger partial charge in [-0.3, -0.25) is 14.9 Å². The lowest BCUT2D eigenvalue weighted by atomic mass is 10.1. The number of aryl methyl sites for hydroxylation is 1. The summed E-state index contributed by atoms with van der Waals surface area (Å²) in [4.78, 5) is 41.0. The molecule has 0 aliphatic heterocycles. The molecule has 0 radical (unpaired) electrons. The predicted molar refractivity (Wildman–Crippen MR) is 160 cm³/mol. The molecule has 10 nitrogen and oxygen atoms in total. The molecule has 208 valence electrons. The van der Waals surface area contributed by atoms with E-state index >= 15 is 0 Å². The third kappa shape index (κ3) is 6.13. The molecule has 0 fully saturated rings. The average molecular weight is 561 g/mol. The van der Waals surface area contributed by atoms with Gasteiger partial charge in [-0.15, -0.1) is 0 Å². The number of benzene rings is 4. The Morgan fingerprint density at radius 2 is 1.74 bits per heavy atom. The molecule has 0 spiro atoms. The molecule has 0 atom stereocenters. The Balaban J connectivity index is 1.41. The highest BCUT2D eigenvalue weighted by molar-refractivity contribution is 5.89. The molecule has 0 aliphatic carbocycles. The first-order chi connectivity index (χ1) is 20.3. The molecule has 1 aromatic heterocycles. The fraction of sp³-hybridized carbons (Fsp3) is 0.0625. The van der Waals surface area contributed by atoms with E-state index in [9.17, 15) is 19.7 Å². The molecule has 0 unspecified atom stereocenters. The number of fused-ring (bicyclic) bond motifs is 1. The lowest BCUT2D eigenvalue weighted by Gasteiger charge is -2.10. The molecular weight excluding hydrogens is 536 g/mol. The van der Waals surface area contributed by atoms with Gasteiger partial charge in [-0.05, 0) is 54.5 Å². The number of hydrogen-bond donors (Lipinski definition) is 0. The third-order valence-corrected chi connectivity index (χ3v) is 6.28. The van der Waals surface area contributed by atoms with E-state index in [1.165, 1.54) is 48.4 Å². The van der Waals surface area contributed by atoms with Crippen LogP contribution in [0, 0.1) is 17.0 Å². The fourth-order valence-corrected chi connectivity index (χ4v) is 4.14. The molecule has 1 heterocycles. The molecule has 10 heteroatoms. The lowest BCUT2D eigenvalue weighted by Crippen LogP contribution is -2.20. The Kier molecular flexibility index (Phi) is 7.96. The maximum atomic E-state index is 13.4. The summed E-state index contributed by atoms with van der Waals surface area (Å²) in [6.07, 6.45) is 4.08. The first-order valence-electron chi connectivity index (χ1n) is 12.8. The number of ether oxygens (including phenoxy) is 2. The van der Waals surface area contributed by atoms with Crippen molar-refractivity contribution in [3.8, 4) is 22.9 Å². The summed E-state index contributed by atoms with van der Waals surface area (Å²) in [5.41, 5.74) is 3.02. The van der Waals surface area contributed by atoms with Gasteiger partial charge >= 0.3 is 5.97 Å². The van der Waals surface area contributed by atoms with Crippen LogP contribution in [0.25, 0.3) is 28.4 Å². The number of hydrogen-bond acceptors (Lipinski definition) is 8. The Hall–Kier alpha value is -5.90. The highest BCUT2D eigenvalue weighted by Gasteiger charge is 2.13. The number of nitro groups is 1. The Labute approximate surface area is 240 Å². The number of methoxy groups -OCH3 is 1. The Morgan fingerprint density at radius 1 is 0.952 bits per heavy atom. The SMILES string of the molecule is COc1cc(C=Nn2c(-c3ccc(C)cc3)nc3ccccc3c2=O)ccc1OC(=O)/C=C/c1cccc([N+](=O)[O-])c1. The zero-order valence-corrected chi connectivity index (χ0v) is 22.6. The zero-order chi connectivity index (χ0) is 29.6. The van der Waals surface area contributed by atoms with E-state index in [0.29, 0.717) is 27.9 Å². The highest BCUT2D eigenvalue weighted by Crippen LogP contribution is 2.28. The summed E-state index contributed by atoms with van der Waals surface area (Å²) in [5.74, 6) is 0.118. The van der Waals surface area contributed by atoms with Gasteiger partial charge in [0.1, 0.15) is 0 Å². The second kappa shape index (κ2) is 12.1. The van der Waals surface area contributed by atoms with Crippen molar-refractivity contribution in [1.29, 1.82) is 0 Å². The zero-order valence-electron chi connectivity index (χ0n) is 22.6. The number of esters is 1. The largest absolute Gasteiger partial charge is 0.493 e. The van der Waals surface area contributed by atoms with Crippen LogP contribution in [0.15, 0.2) is 107 Å². The molecule has 4 aromatic carbocycles. The van der Waals surface area contributed by atoms with Crippen LogP contribution in [0.2, 0.25) is 0 Å². The number of nitrogens with zero attached hydrogens (tertiary/aromatic N) is 4. The van der Waals surface area contributed by atoms with Gasteiger partial charge in [0.25, 0.3) is 11.2 Å². The van der Waals surface area contributed by atoms with Crippen LogP contribution in [-0.2, 0) is 4.79 Å². The molecule has 5 rings (SSSR count). The van der Waals surface area contributed by atoms with E-state index in [2.05, 4.69) is 5.10 Å². The normalized spacial score (nSPS) is 11.3. The molecule has 5 aromatic rings. The van der Waals surface area contributed by atoms with Crippen molar-refractivity contribution in [2.45, 2.75) is 6.92 Å². The van der Waals surface area contributed by atoms with E-state index in [1.54, 1.807) is 42.5 Å². The summed E-state index contributed by atoms with van der Waals surface area (Å²) in [7, 11) is 1.43. The van der Waals surface area contributed by atoms with Gasteiger partial charge in [0.2, 0.25) is 0 Å². The fourth-order valence-electron chi connectivity index (χ4n) is 4.14. The highest BCUT2D eigenvalue weighted by atomic mass is 16.6. The minimum absolute atomic E-state index is 0.0860. The van der Waals surface area contributed by atoms with Crippen LogP contribution in [-0.4, -0.2) is 33.9 Å². The van der Waals surface area contributed by atoms with E-state index in [4.69, 9.17) is 14.5 Å². The van der Waals surface area contributed by atoms with E-state index in [-0.39, 0.29) is 22.7 Å². The van der Waals surface area contributed by atoms with Gasteiger partial charge < -0.3 is 9.47 Å². The summed E-state index contributed by atoms with van der Waals surface area (Å²) < 4.78 is 12.1. The maximum Gasteiger partial charge on any atom is 0.336 e. The summed E-state index contributed by atoms with van der Waals surface area (Å²) in [6.45, 7) is 1.98. The lowest BCUT2D eigenvalue weighted by molar-refractivity contribution is -0.384. The molecule has 0 saturated heterocycles. The van der Waals surface area contributed by atoms with Crippen molar-refractivity contribution in [2.75, 3.05) is 7.11 Å². The van der Waals surface area contributed by atoms with Crippen LogP contribution >= 0.6 is 0 Å². The first-order valence-corrected chi connectivity index (χ1v) is 12.8. The molecule has 0 aliphatic rings. The van der Waals surface area contributed by atoms with Crippen LogP contribution in [0.1, 0.15) is 16.7 Å². The minimum Gasteiger partial charge on any atom is -0.493 e. The average Bonchev–Trinajstić information content (AvgIpc) is 3.00. The summed E-state index contributed by atoms with van der Waals surface area (Å²) in [6, 6.07) is 25.4. The van der Waals surface area contributed by atoms with Crippen molar-refractivity contribution >= 4 is 34.9 Å². The van der Waals surface area contributed by atoms with Crippen LogP contribution in [0.4, 0.5) is 5.69 Å². The molecule has 0 N–H and O–H groups in total. The van der Waals surface area contributed by atoms with Gasteiger partial charge in [0.15, 0.2) is 17.3 Å². The number of aromatic nitrogens is 2. The topological polar surface area (TPSA) is 126 Å². The molecule has 0 bridgehead atoms. The van der Waals surface area contributed by atoms with E-state index < -0.39 is 10.9 Å².